The van der Waals surface area contributed by atoms with E-state index in [1.165, 1.54) is 0 Å². The van der Waals surface area contributed by atoms with E-state index in [4.69, 9.17) is 4.74 Å². The van der Waals surface area contributed by atoms with E-state index in [0.717, 1.165) is 0 Å². The molecule has 64 valence electrons. The maximum absolute atomic E-state index is 11.2. The first-order valence-corrected chi connectivity index (χ1v) is 3.86. The average molecular weight is 166 g/mol. The number of carbonyl (C=O) groups excluding carboxylic acids is 1. The molecule has 0 aromatic heterocycles. The Labute approximate surface area is 71.1 Å². The van der Waals surface area contributed by atoms with Crippen LogP contribution in [0.25, 0.3) is 0 Å². The van der Waals surface area contributed by atoms with Gasteiger partial charge >= 0.3 is 5.97 Å². The van der Waals surface area contributed by atoms with Gasteiger partial charge in [0.15, 0.2) is 0 Å². The van der Waals surface area contributed by atoms with Gasteiger partial charge in [-0.15, -0.1) is 0 Å². The van der Waals surface area contributed by atoms with Crippen molar-refractivity contribution in [3.63, 3.8) is 0 Å². The Bertz CT molecular complexity index is 246. The SMILES string of the molecule is [NH3+]CCOC(=O)c1ccccc1. The van der Waals surface area contributed by atoms with Gasteiger partial charge in [0.1, 0.15) is 13.2 Å². The third kappa shape index (κ3) is 2.36. The summed E-state index contributed by atoms with van der Waals surface area (Å²) in [5.74, 6) is -0.278. The van der Waals surface area contributed by atoms with Gasteiger partial charge in [-0.05, 0) is 12.1 Å². The van der Waals surface area contributed by atoms with Crippen molar-refractivity contribution in [2.45, 2.75) is 0 Å². The van der Waals surface area contributed by atoms with E-state index in [9.17, 15) is 4.79 Å². The Morgan fingerprint density at radius 1 is 1.33 bits per heavy atom. The molecule has 0 bridgehead atoms. The molecule has 1 rings (SSSR count). The van der Waals surface area contributed by atoms with Gasteiger partial charge in [0.05, 0.1) is 5.56 Å². The third-order valence-electron chi connectivity index (χ3n) is 1.39. The molecule has 12 heavy (non-hydrogen) atoms. The van der Waals surface area contributed by atoms with Crippen molar-refractivity contribution in [1.29, 1.82) is 0 Å². The highest BCUT2D eigenvalue weighted by Crippen LogP contribution is 1.99. The number of benzene rings is 1. The standard InChI is InChI=1S/C9H11NO2/c10-6-7-12-9(11)8-4-2-1-3-5-8/h1-5H,6-7,10H2/p+1. The molecule has 0 amide bonds. The Kier molecular flexibility index (Phi) is 3.29. The van der Waals surface area contributed by atoms with Gasteiger partial charge in [0.2, 0.25) is 0 Å². The number of carbonyl (C=O) groups is 1. The van der Waals surface area contributed by atoms with Crippen molar-refractivity contribution < 1.29 is 15.3 Å². The quantitative estimate of drug-likeness (QED) is 0.647. The first kappa shape index (κ1) is 8.74. The van der Waals surface area contributed by atoms with Gasteiger partial charge in [-0.25, -0.2) is 4.79 Å². The van der Waals surface area contributed by atoms with E-state index in [-0.39, 0.29) is 5.97 Å². The summed E-state index contributed by atoms with van der Waals surface area (Å²) in [5.41, 5.74) is 4.16. The molecule has 3 nitrogen and oxygen atoms in total. The lowest BCUT2D eigenvalue weighted by Gasteiger charge is -2.00. The second-order valence-electron chi connectivity index (χ2n) is 2.36. The average Bonchev–Trinajstić information content (AvgIpc) is 2.15. The molecule has 3 N–H and O–H groups in total. The number of esters is 1. The van der Waals surface area contributed by atoms with E-state index in [0.29, 0.717) is 18.7 Å². The van der Waals surface area contributed by atoms with E-state index in [1.54, 1.807) is 24.3 Å². The van der Waals surface area contributed by atoms with E-state index in [2.05, 4.69) is 5.73 Å². The van der Waals surface area contributed by atoms with Gasteiger partial charge in [0.25, 0.3) is 0 Å². The zero-order valence-corrected chi connectivity index (χ0v) is 6.82. The number of rotatable bonds is 3. The third-order valence-corrected chi connectivity index (χ3v) is 1.39. The lowest BCUT2D eigenvalue weighted by Crippen LogP contribution is -2.52. The van der Waals surface area contributed by atoms with Crippen molar-refractivity contribution in [2.24, 2.45) is 0 Å². The van der Waals surface area contributed by atoms with Gasteiger partial charge in [-0.2, -0.15) is 0 Å². The van der Waals surface area contributed by atoms with Crippen LogP contribution in [0.15, 0.2) is 30.3 Å². The topological polar surface area (TPSA) is 53.9 Å². The number of quaternary nitrogens is 1. The summed E-state index contributed by atoms with van der Waals surface area (Å²) in [6.07, 6.45) is 0. The molecule has 0 heterocycles. The van der Waals surface area contributed by atoms with Crippen LogP contribution in [0, 0.1) is 0 Å². The van der Waals surface area contributed by atoms with Crippen LogP contribution in [-0.4, -0.2) is 19.1 Å². The molecule has 0 unspecified atom stereocenters. The Morgan fingerprint density at radius 2 is 2.00 bits per heavy atom. The minimum Gasteiger partial charge on any atom is -0.456 e. The summed E-state index contributed by atoms with van der Waals surface area (Å²) in [6.45, 7) is 0.992. The predicted octanol–water partition coefficient (Wildman–Crippen LogP) is 0.0853. The number of hydrogen-bond acceptors (Lipinski definition) is 2. The molecule has 0 saturated heterocycles. The van der Waals surface area contributed by atoms with Crippen molar-refractivity contribution in [3.05, 3.63) is 35.9 Å². The molecule has 0 radical (unpaired) electrons. The lowest BCUT2D eigenvalue weighted by atomic mass is 10.2. The van der Waals surface area contributed by atoms with Crippen LogP contribution in [0.2, 0.25) is 0 Å². The largest absolute Gasteiger partial charge is 0.456 e. The summed E-state index contributed by atoms with van der Waals surface area (Å²) in [5, 5.41) is 0. The Hall–Kier alpha value is -1.35. The maximum Gasteiger partial charge on any atom is 0.338 e. The summed E-state index contributed by atoms with van der Waals surface area (Å²) < 4.78 is 4.88. The molecule has 0 atom stereocenters. The van der Waals surface area contributed by atoms with Crippen LogP contribution in [0.1, 0.15) is 10.4 Å². The number of ether oxygens (including phenoxy) is 1. The van der Waals surface area contributed by atoms with Gasteiger partial charge in [-0.1, -0.05) is 18.2 Å². The molecule has 3 heteroatoms. The van der Waals surface area contributed by atoms with Crippen molar-refractivity contribution in [2.75, 3.05) is 13.2 Å². The van der Waals surface area contributed by atoms with Crippen molar-refractivity contribution in [1.82, 2.24) is 0 Å². The molecule has 1 aromatic rings. The first-order chi connectivity index (χ1) is 5.84. The molecule has 0 fully saturated rings. The molecule has 0 saturated carbocycles. The van der Waals surface area contributed by atoms with Crippen LogP contribution in [0.4, 0.5) is 0 Å². The Balaban J connectivity index is 2.54. The highest BCUT2D eigenvalue weighted by Gasteiger charge is 2.04. The minimum atomic E-state index is -0.278. The van der Waals surface area contributed by atoms with Gasteiger partial charge < -0.3 is 10.5 Å². The normalized spacial score (nSPS) is 9.42. The fourth-order valence-electron chi connectivity index (χ4n) is 0.822. The molecular formula is C9H12NO2+. The Morgan fingerprint density at radius 3 is 2.58 bits per heavy atom. The zero-order chi connectivity index (χ0) is 8.81. The summed E-state index contributed by atoms with van der Waals surface area (Å²) in [6, 6.07) is 8.93. The van der Waals surface area contributed by atoms with Gasteiger partial charge in [0, 0.05) is 0 Å². The van der Waals surface area contributed by atoms with Crippen LogP contribution in [0.3, 0.4) is 0 Å². The smallest absolute Gasteiger partial charge is 0.338 e. The van der Waals surface area contributed by atoms with Crippen molar-refractivity contribution >= 4 is 5.97 Å². The first-order valence-electron chi connectivity index (χ1n) is 3.86. The molecule has 0 spiro atoms. The highest BCUT2D eigenvalue weighted by atomic mass is 16.5. The fraction of sp³-hybridized carbons (Fsp3) is 0.222. The van der Waals surface area contributed by atoms with E-state index >= 15 is 0 Å². The summed E-state index contributed by atoms with van der Waals surface area (Å²) in [4.78, 5) is 11.2. The van der Waals surface area contributed by atoms with Crippen LogP contribution >= 0.6 is 0 Å². The summed E-state index contributed by atoms with van der Waals surface area (Å²) >= 11 is 0. The number of hydrogen-bond donors (Lipinski definition) is 1. The molecule has 0 aliphatic rings. The predicted molar refractivity (Wildman–Crippen MR) is 44.5 cm³/mol. The molecule has 1 aromatic carbocycles. The molecule has 0 aliphatic carbocycles. The van der Waals surface area contributed by atoms with Crippen LogP contribution in [-0.2, 0) is 4.74 Å². The summed E-state index contributed by atoms with van der Waals surface area (Å²) in [7, 11) is 0. The van der Waals surface area contributed by atoms with E-state index < -0.39 is 0 Å². The minimum absolute atomic E-state index is 0.278. The maximum atomic E-state index is 11.2. The monoisotopic (exact) mass is 166 g/mol. The van der Waals surface area contributed by atoms with Gasteiger partial charge in [-0.3, -0.25) is 0 Å². The zero-order valence-electron chi connectivity index (χ0n) is 6.82. The van der Waals surface area contributed by atoms with Crippen LogP contribution < -0.4 is 5.73 Å². The highest BCUT2D eigenvalue weighted by molar-refractivity contribution is 5.89. The molecule has 0 aliphatic heterocycles. The van der Waals surface area contributed by atoms with Crippen LogP contribution in [0.5, 0.6) is 0 Å². The fourth-order valence-corrected chi connectivity index (χ4v) is 0.822. The van der Waals surface area contributed by atoms with Crippen molar-refractivity contribution in [3.8, 4) is 0 Å². The van der Waals surface area contributed by atoms with E-state index in [1.807, 2.05) is 6.07 Å². The molecular weight excluding hydrogens is 154 g/mol. The second-order valence-corrected chi connectivity index (χ2v) is 2.36. The second kappa shape index (κ2) is 4.51. The lowest BCUT2D eigenvalue weighted by molar-refractivity contribution is -0.371.